The Bertz CT molecular complexity index is 9900. The van der Waals surface area contributed by atoms with E-state index >= 15 is 0 Å². The van der Waals surface area contributed by atoms with Crippen LogP contribution >= 0.6 is 0 Å². The number of furan rings is 2. The molecular formula is C144H95N3O3. The van der Waals surface area contributed by atoms with Gasteiger partial charge in [-0.25, -0.2) is 0 Å². The minimum atomic E-state index is 0.0854. The highest BCUT2D eigenvalue weighted by atomic mass is 16.5. The van der Waals surface area contributed by atoms with Gasteiger partial charge in [-0.15, -0.1) is 0 Å². The molecule has 2 atom stereocenters. The number of fused-ring (bicyclic) bond motifs is 18. The lowest BCUT2D eigenvalue weighted by atomic mass is 9.89. The predicted octanol–water partition coefficient (Wildman–Crippen LogP) is 39.1. The van der Waals surface area contributed by atoms with Gasteiger partial charge in [0.15, 0.2) is 0 Å². The van der Waals surface area contributed by atoms with Crippen molar-refractivity contribution in [1.29, 1.82) is 0 Å². The van der Waals surface area contributed by atoms with Gasteiger partial charge in [-0.3, -0.25) is 0 Å². The maximum Gasteiger partial charge on any atom is 0.143 e. The number of ether oxygens (including phenoxy) is 1. The molecule has 28 aromatic rings. The van der Waals surface area contributed by atoms with Gasteiger partial charge in [0.25, 0.3) is 0 Å². The summed E-state index contributed by atoms with van der Waals surface area (Å²) < 4.78 is 26.3. The van der Waals surface area contributed by atoms with Crippen molar-refractivity contribution in [2.45, 2.75) is 12.0 Å². The van der Waals surface area contributed by atoms with Gasteiger partial charge in [0.2, 0.25) is 0 Å². The summed E-state index contributed by atoms with van der Waals surface area (Å²) in [5.41, 5.74) is 44.0. The van der Waals surface area contributed by atoms with Crippen LogP contribution in [0.1, 0.15) is 11.5 Å². The zero-order valence-corrected chi connectivity index (χ0v) is 81.9. The Labute approximate surface area is 868 Å². The molecule has 23 aromatic carbocycles. The highest BCUT2D eigenvalue weighted by Crippen LogP contribution is 2.50. The molecule has 2 aliphatic rings. The van der Waals surface area contributed by atoms with Gasteiger partial charge in [0.1, 0.15) is 34.2 Å². The largest absolute Gasteiger partial charge is 0.485 e. The minimum absolute atomic E-state index is 0.0854. The second-order valence-electron chi connectivity index (χ2n) is 39.1. The summed E-state index contributed by atoms with van der Waals surface area (Å²) in [4.78, 5) is 0. The van der Waals surface area contributed by atoms with Gasteiger partial charge in [0.05, 0.1) is 50.2 Å². The molecule has 704 valence electrons. The molecule has 0 saturated heterocycles. The summed E-state index contributed by atoms with van der Waals surface area (Å²) in [7, 11) is 0. The van der Waals surface area contributed by atoms with Crippen LogP contribution in [-0.2, 0) is 0 Å². The summed E-state index contributed by atoms with van der Waals surface area (Å²) in [5.74, 6) is 1.25. The highest BCUT2D eigenvalue weighted by Gasteiger charge is 2.33. The molecule has 0 saturated carbocycles. The predicted molar refractivity (Wildman–Crippen MR) is 628 cm³/mol. The molecule has 0 amide bonds. The van der Waals surface area contributed by atoms with Crippen LogP contribution in [0.25, 0.3) is 260 Å². The lowest BCUT2D eigenvalue weighted by molar-refractivity contribution is 0.269. The van der Waals surface area contributed by atoms with Gasteiger partial charge in [-0.05, 0) is 263 Å². The van der Waals surface area contributed by atoms with Crippen molar-refractivity contribution >= 4 is 109 Å². The second-order valence-corrected chi connectivity index (χ2v) is 39.1. The molecule has 1 aliphatic carbocycles. The zero-order chi connectivity index (χ0) is 99.1. The molecule has 6 nitrogen and oxygen atoms in total. The minimum Gasteiger partial charge on any atom is -0.485 e. The highest BCUT2D eigenvalue weighted by molar-refractivity contribution is 6.17. The topological polar surface area (TPSA) is 50.3 Å². The van der Waals surface area contributed by atoms with Crippen LogP contribution in [0.15, 0.2) is 573 Å². The normalized spacial score (nSPS) is 13.1. The van der Waals surface area contributed by atoms with Crippen molar-refractivity contribution in [2.75, 3.05) is 0 Å². The molecule has 0 bridgehead atoms. The van der Waals surface area contributed by atoms with E-state index in [0.717, 1.165) is 94.5 Å². The Balaban J connectivity index is 0.000000108. The van der Waals surface area contributed by atoms with E-state index in [0.29, 0.717) is 0 Å². The Morgan fingerprint density at radius 3 is 0.827 bits per heavy atom. The first-order valence-electron chi connectivity index (χ1n) is 51.5. The fourth-order valence-electron chi connectivity index (χ4n) is 23.1. The molecule has 30 rings (SSSR count). The van der Waals surface area contributed by atoms with E-state index < -0.39 is 0 Å². The average molecular weight is 1920 g/mol. The van der Waals surface area contributed by atoms with Crippen LogP contribution in [0.2, 0.25) is 0 Å². The molecule has 0 fully saturated rings. The van der Waals surface area contributed by atoms with E-state index in [9.17, 15) is 0 Å². The van der Waals surface area contributed by atoms with Crippen LogP contribution in [0.3, 0.4) is 0 Å². The number of nitrogens with zero attached hydrogens (tertiary/aromatic N) is 3. The van der Waals surface area contributed by atoms with Crippen molar-refractivity contribution in [3.8, 4) is 156 Å². The third-order valence-corrected chi connectivity index (χ3v) is 30.4. The van der Waals surface area contributed by atoms with Crippen LogP contribution < -0.4 is 4.74 Å². The van der Waals surface area contributed by atoms with E-state index in [1.54, 1.807) is 0 Å². The van der Waals surface area contributed by atoms with Crippen LogP contribution in [0.4, 0.5) is 0 Å². The number of aromatic nitrogens is 3. The molecule has 1 aliphatic heterocycles. The third kappa shape index (κ3) is 15.9. The van der Waals surface area contributed by atoms with Crippen molar-refractivity contribution in [3.05, 3.63) is 570 Å². The Hall–Kier alpha value is -19.7. The average Bonchev–Trinajstić information content (AvgIpc) is 1.58. The van der Waals surface area contributed by atoms with Crippen molar-refractivity contribution in [2.24, 2.45) is 0 Å². The first-order valence-corrected chi connectivity index (χ1v) is 51.5. The molecule has 0 radical (unpaired) electrons. The second kappa shape index (κ2) is 37.5. The van der Waals surface area contributed by atoms with Crippen molar-refractivity contribution < 1.29 is 13.6 Å². The first-order chi connectivity index (χ1) is 74.4. The number of allylic oxidation sites excluding steroid dienone is 2. The van der Waals surface area contributed by atoms with Crippen LogP contribution in [-0.4, -0.2) is 19.8 Å². The van der Waals surface area contributed by atoms with Gasteiger partial charge >= 0.3 is 0 Å². The molecule has 5 aromatic heterocycles. The van der Waals surface area contributed by atoms with Gasteiger partial charge in [0, 0.05) is 87.6 Å². The summed E-state index contributed by atoms with van der Waals surface area (Å²) in [6.45, 7) is 0. The number of rotatable bonds is 15. The van der Waals surface area contributed by atoms with Crippen LogP contribution in [0.5, 0.6) is 5.75 Å². The van der Waals surface area contributed by atoms with E-state index in [4.69, 9.17) is 13.6 Å². The lowest BCUT2D eigenvalue weighted by Crippen LogP contribution is -2.15. The first kappa shape index (κ1) is 88.1. The van der Waals surface area contributed by atoms with Gasteiger partial charge in [-0.2, -0.15) is 0 Å². The standard InChI is InChI=1S/2C48H31NO.C48H33NO/c1-3-13-32(14-4-1)34-25-27-45-42(30-34)43-31-35(33-15-5-2-6-16-33)26-28-46(43)49(45)44-23-9-7-19-38(44)36-17-11-18-37(29-36)39-21-12-22-41-40-20-8-10-24-47(40)50-48(39)41;1-3-12-32(13-4-1)35-23-26-45-42(29-35)43-30-36(33-14-5-2-6-15-33)24-27-46(43)49(45)44-20-9-7-18-39(44)38-17-11-16-34(28-38)37-22-25-41-40-19-8-10-21-47(40)50-48(41)31-37;1-3-12-32(13-4-1)35-22-25-45-41(29-35)42-30-36(33-14-5-2-6-15-33)23-26-46(42)49(45)44-20-9-7-18-39(44)38-17-11-16-34(28-38)37-24-27-48-43(31-37)40-19-8-10-21-47(40)50-48/h2*1-31H;1-31,40,47H. The fraction of sp³-hybridized carbons (Fsp3) is 0.0139. The Morgan fingerprint density at radius 1 is 0.160 bits per heavy atom. The summed E-state index contributed by atoms with van der Waals surface area (Å²) in [6.07, 6.45) is 8.70. The summed E-state index contributed by atoms with van der Waals surface area (Å²) >= 11 is 0. The smallest absolute Gasteiger partial charge is 0.143 e. The quantitative estimate of drug-likeness (QED) is 0.103. The number of hydrogen-bond acceptors (Lipinski definition) is 3. The van der Waals surface area contributed by atoms with E-state index in [-0.39, 0.29) is 12.0 Å². The van der Waals surface area contributed by atoms with Gasteiger partial charge in [-0.1, -0.05) is 413 Å². The van der Waals surface area contributed by atoms with E-state index in [2.05, 4.69) is 554 Å². The number of hydrogen-bond donors (Lipinski definition) is 0. The summed E-state index contributed by atoms with van der Waals surface area (Å²) in [6, 6.07) is 195. The third-order valence-electron chi connectivity index (χ3n) is 30.4. The van der Waals surface area contributed by atoms with Crippen LogP contribution in [0, 0.1) is 0 Å². The van der Waals surface area contributed by atoms with Gasteiger partial charge < -0.3 is 27.3 Å². The molecule has 0 spiro atoms. The molecule has 0 N–H and O–H groups in total. The molecule has 6 heteroatoms. The monoisotopic (exact) mass is 1910 g/mol. The van der Waals surface area contributed by atoms with Crippen molar-refractivity contribution in [3.63, 3.8) is 0 Å². The molecule has 2 unspecified atom stereocenters. The zero-order valence-electron chi connectivity index (χ0n) is 81.9. The molecule has 6 heterocycles. The lowest BCUT2D eigenvalue weighted by Gasteiger charge is -2.15. The van der Waals surface area contributed by atoms with E-state index in [1.165, 1.54) is 177 Å². The fourth-order valence-corrected chi connectivity index (χ4v) is 23.1. The Morgan fingerprint density at radius 2 is 0.427 bits per heavy atom. The maximum absolute atomic E-state index is 6.44. The molecular weight excluding hydrogens is 1820 g/mol. The number of para-hydroxylation sites is 6. The van der Waals surface area contributed by atoms with Crippen molar-refractivity contribution in [1.82, 2.24) is 13.7 Å². The maximum atomic E-state index is 6.44. The molecule has 150 heavy (non-hydrogen) atoms. The Kier molecular flexibility index (Phi) is 22.0. The van der Waals surface area contributed by atoms with E-state index in [1.807, 2.05) is 24.3 Å². The SMILES string of the molecule is C1=CC2Oc3ccc(-c4cccc(-c5ccccc5-n5c6ccc(-c7ccccc7)cc6c6cc(-c7ccccc7)ccc65)c4)cc3C2C=C1.c1ccc(-c2ccc3c(c2)c2cc(-c4ccccc4)ccc2n3-c2ccccc2-c2cccc(-c3ccc4c(c3)oc3ccccc34)c2)cc1.c1ccc(-c2ccc3c(c2)c2cc(-c4ccccc4)ccc2n3-c2ccccc2-c2cccc(-c3cccc4c3oc3ccccc34)c2)cc1. The number of benzene rings is 23. The summed E-state index contributed by atoms with van der Waals surface area (Å²) in [5, 5.41) is 12.0.